The first-order chi connectivity index (χ1) is 10.4. The standard InChI is InChI=1S/C15H8BrF3N2O/c16-8-5-6-11(15(17,18)19)10(7-8)13-20-12-4-2-1-3-9(12)14(22)21-13/h1-7H,(H,20,21,22). The van der Waals surface area contributed by atoms with Crippen LogP contribution in [0.2, 0.25) is 0 Å². The van der Waals surface area contributed by atoms with Crippen LogP contribution in [0.15, 0.2) is 51.7 Å². The first-order valence-corrected chi connectivity index (χ1v) is 7.02. The van der Waals surface area contributed by atoms with Crippen molar-refractivity contribution in [3.63, 3.8) is 0 Å². The van der Waals surface area contributed by atoms with Crippen LogP contribution in [0.25, 0.3) is 22.3 Å². The Balaban J connectivity index is 2.32. The molecule has 0 spiro atoms. The van der Waals surface area contributed by atoms with Gasteiger partial charge in [-0.15, -0.1) is 0 Å². The van der Waals surface area contributed by atoms with Crippen LogP contribution in [0.5, 0.6) is 0 Å². The van der Waals surface area contributed by atoms with Crippen molar-refractivity contribution < 1.29 is 13.2 Å². The molecule has 3 aromatic rings. The summed E-state index contributed by atoms with van der Waals surface area (Å²) in [6.07, 6.45) is -4.54. The minimum atomic E-state index is -4.54. The Morgan fingerprint density at radius 2 is 1.82 bits per heavy atom. The third-order valence-electron chi connectivity index (χ3n) is 3.15. The topological polar surface area (TPSA) is 45.8 Å². The van der Waals surface area contributed by atoms with Gasteiger partial charge in [-0.1, -0.05) is 28.1 Å². The number of aromatic amines is 1. The lowest BCUT2D eigenvalue weighted by Crippen LogP contribution is -2.13. The second kappa shape index (κ2) is 5.24. The van der Waals surface area contributed by atoms with E-state index in [0.717, 1.165) is 6.07 Å². The van der Waals surface area contributed by atoms with E-state index in [9.17, 15) is 18.0 Å². The SMILES string of the molecule is O=c1[nH]c(-c2cc(Br)ccc2C(F)(F)F)nc2ccccc12. The van der Waals surface area contributed by atoms with E-state index in [1.807, 2.05) is 0 Å². The summed E-state index contributed by atoms with van der Waals surface area (Å²) < 4.78 is 39.9. The highest BCUT2D eigenvalue weighted by Crippen LogP contribution is 2.37. The summed E-state index contributed by atoms with van der Waals surface area (Å²) in [6.45, 7) is 0. The summed E-state index contributed by atoms with van der Waals surface area (Å²) in [5, 5.41) is 0.329. The molecule has 0 saturated carbocycles. The minimum absolute atomic E-state index is 0.114. The van der Waals surface area contributed by atoms with Crippen LogP contribution < -0.4 is 5.56 Å². The lowest BCUT2D eigenvalue weighted by atomic mass is 10.1. The van der Waals surface area contributed by atoms with Crippen LogP contribution in [0.3, 0.4) is 0 Å². The molecule has 1 heterocycles. The summed E-state index contributed by atoms with van der Waals surface area (Å²) in [6, 6.07) is 10.0. The first-order valence-electron chi connectivity index (χ1n) is 6.22. The molecule has 0 aliphatic heterocycles. The Labute approximate surface area is 131 Å². The summed E-state index contributed by atoms with van der Waals surface area (Å²) in [5.41, 5.74) is -1.16. The van der Waals surface area contributed by atoms with Crippen LogP contribution in [0.4, 0.5) is 13.2 Å². The third-order valence-corrected chi connectivity index (χ3v) is 3.65. The van der Waals surface area contributed by atoms with E-state index in [4.69, 9.17) is 0 Å². The number of fused-ring (bicyclic) bond motifs is 1. The van der Waals surface area contributed by atoms with Gasteiger partial charge >= 0.3 is 6.18 Å². The number of H-pyrrole nitrogens is 1. The molecule has 7 heteroatoms. The lowest BCUT2D eigenvalue weighted by molar-refractivity contribution is -0.137. The molecule has 3 rings (SSSR count). The van der Waals surface area contributed by atoms with E-state index in [1.165, 1.54) is 12.1 Å². The zero-order valence-corrected chi connectivity index (χ0v) is 12.5. The number of aromatic nitrogens is 2. The number of alkyl halides is 3. The highest BCUT2D eigenvalue weighted by Gasteiger charge is 2.34. The molecule has 0 fully saturated rings. The van der Waals surface area contributed by atoms with Gasteiger partial charge in [-0.3, -0.25) is 4.79 Å². The van der Waals surface area contributed by atoms with Gasteiger partial charge in [-0.2, -0.15) is 13.2 Å². The molecule has 0 amide bonds. The molecule has 1 aromatic heterocycles. The Morgan fingerprint density at radius 1 is 1.09 bits per heavy atom. The van der Waals surface area contributed by atoms with E-state index in [-0.39, 0.29) is 11.4 Å². The first kappa shape index (κ1) is 14.8. The van der Waals surface area contributed by atoms with Gasteiger partial charge < -0.3 is 4.98 Å². The molecule has 0 radical (unpaired) electrons. The molecule has 0 atom stereocenters. The van der Waals surface area contributed by atoms with E-state index in [0.29, 0.717) is 15.4 Å². The smallest absolute Gasteiger partial charge is 0.306 e. The van der Waals surface area contributed by atoms with E-state index >= 15 is 0 Å². The molecule has 3 nitrogen and oxygen atoms in total. The van der Waals surface area contributed by atoms with Crippen molar-refractivity contribution in [2.75, 3.05) is 0 Å². The number of nitrogens with zero attached hydrogens (tertiary/aromatic N) is 1. The average molecular weight is 369 g/mol. The van der Waals surface area contributed by atoms with E-state index in [1.54, 1.807) is 24.3 Å². The molecule has 2 aromatic carbocycles. The number of para-hydroxylation sites is 1. The summed E-state index contributed by atoms with van der Waals surface area (Å²) in [5.74, 6) is -0.114. The third kappa shape index (κ3) is 2.64. The van der Waals surface area contributed by atoms with E-state index < -0.39 is 17.3 Å². The number of nitrogens with one attached hydrogen (secondary N) is 1. The molecule has 0 aliphatic carbocycles. The average Bonchev–Trinajstić information content (AvgIpc) is 2.46. The largest absolute Gasteiger partial charge is 0.417 e. The second-order valence-corrected chi connectivity index (χ2v) is 5.54. The number of hydrogen-bond donors (Lipinski definition) is 1. The molecular formula is C15H8BrF3N2O. The van der Waals surface area contributed by atoms with Crippen molar-refractivity contribution in [2.45, 2.75) is 6.18 Å². The maximum Gasteiger partial charge on any atom is 0.417 e. The van der Waals surface area contributed by atoms with Crippen molar-refractivity contribution in [2.24, 2.45) is 0 Å². The molecule has 1 N–H and O–H groups in total. The highest BCUT2D eigenvalue weighted by atomic mass is 79.9. The van der Waals surface area contributed by atoms with Crippen molar-refractivity contribution in [1.82, 2.24) is 9.97 Å². The van der Waals surface area contributed by atoms with Crippen molar-refractivity contribution >= 4 is 26.8 Å². The molecule has 112 valence electrons. The predicted octanol–water partition coefficient (Wildman–Crippen LogP) is 4.37. The van der Waals surface area contributed by atoms with Crippen LogP contribution in [-0.4, -0.2) is 9.97 Å². The Bertz CT molecular complexity index is 919. The van der Waals surface area contributed by atoms with Gasteiger partial charge in [0.05, 0.1) is 16.5 Å². The van der Waals surface area contributed by atoms with Crippen LogP contribution in [0, 0.1) is 0 Å². The fraction of sp³-hybridized carbons (Fsp3) is 0.0667. The molecular weight excluding hydrogens is 361 g/mol. The van der Waals surface area contributed by atoms with E-state index in [2.05, 4.69) is 25.9 Å². The number of halogens is 4. The maximum atomic E-state index is 13.1. The normalized spacial score (nSPS) is 11.8. The Hall–Kier alpha value is -2.15. The molecule has 0 bridgehead atoms. The number of rotatable bonds is 1. The van der Waals surface area contributed by atoms with Crippen molar-refractivity contribution in [3.05, 3.63) is 62.9 Å². The Kier molecular flexibility index (Phi) is 3.52. The molecule has 0 aliphatic rings. The quantitative estimate of drug-likeness (QED) is 0.693. The molecule has 22 heavy (non-hydrogen) atoms. The number of hydrogen-bond acceptors (Lipinski definition) is 2. The van der Waals surface area contributed by atoms with Gasteiger partial charge in [0.25, 0.3) is 5.56 Å². The van der Waals surface area contributed by atoms with Crippen molar-refractivity contribution in [3.8, 4) is 11.4 Å². The van der Waals surface area contributed by atoms with Crippen LogP contribution in [-0.2, 0) is 6.18 Å². The van der Waals surface area contributed by atoms with Gasteiger partial charge in [-0.05, 0) is 30.3 Å². The summed E-state index contributed by atoms with van der Waals surface area (Å²) in [4.78, 5) is 18.6. The monoisotopic (exact) mass is 368 g/mol. The fourth-order valence-electron chi connectivity index (χ4n) is 2.17. The predicted molar refractivity (Wildman–Crippen MR) is 80.5 cm³/mol. The van der Waals surface area contributed by atoms with Crippen LogP contribution in [0.1, 0.15) is 5.56 Å². The fourth-order valence-corrected chi connectivity index (χ4v) is 2.53. The van der Waals surface area contributed by atoms with Gasteiger partial charge in [0.2, 0.25) is 0 Å². The van der Waals surface area contributed by atoms with Gasteiger partial charge in [0.15, 0.2) is 0 Å². The minimum Gasteiger partial charge on any atom is -0.306 e. The van der Waals surface area contributed by atoms with Crippen LogP contribution >= 0.6 is 15.9 Å². The van der Waals surface area contributed by atoms with Gasteiger partial charge in [0, 0.05) is 10.0 Å². The van der Waals surface area contributed by atoms with Crippen molar-refractivity contribution in [1.29, 1.82) is 0 Å². The molecule has 0 saturated heterocycles. The second-order valence-electron chi connectivity index (χ2n) is 4.62. The lowest BCUT2D eigenvalue weighted by Gasteiger charge is -2.13. The molecule has 0 unspecified atom stereocenters. The highest BCUT2D eigenvalue weighted by molar-refractivity contribution is 9.10. The maximum absolute atomic E-state index is 13.1. The zero-order valence-electron chi connectivity index (χ0n) is 10.9. The zero-order chi connectivity index (χ0) is 15.9. The van der Waals surface area contributed by atoms with Gasteiger partial charge in [-0.25, -0.2) is 4.98 Å². The van der Waals surface area contributed by atoms with Gasteiger partial charge in [0.1, 0.15) is 5.82 Å². The summed E-state index contributed by atoms with van der Waals surface area (Å²) >= 11 is 3.14. The summed E-state index contributed by atoms with van der Waals surface area (Å²) in [7, 11) is 0. The number of benzene rings is 2. The Morgan fingerprint density at radius 3 is 2.55 bits per heavy atom.